The zero-order chi connectivity index (χ0) is 24.6. The van der Waals surface area contributed by atoms with Crippen molar-refractivity contribution < 1.29 is 17.7 Å². The summed E-state index contributed by atoms with van der Waals surface area (Å²) in [6, 6.07) is 16.9. The van der Waals surface area contributed by atoms with Crippen LogP contribution in [0.25, 0.3) is 22.3 Å². The summed E-state index contributed by atoms with van der Waals surface area (Å²) in [5, 5.41) is 5.27. The number of ether oxygens (including phenoxy) is 1. The number of sulfonamides is 1. The van der Waals surface area contributed by atoms with Gasteiger partial charge in [-0.1, -0.05) is 58.7 Å². The second-order valence-corrected chi connectivity index (χ2v) is 10.2. The van der Waals surface area contributed by atoms with Gasteiger partial charge in [0.2, 0.25) is 11.7 Å². The maximum atomic E-state index is 13.1. The number of hydrogen-bond acceptors (Lipinski definition) is 6. The minimum absolute atomic E-state index is 0.0542. The SMILES string of the molecule is Cc1nc(-c2ccc(COc3cccc(S(=O)(=O)Nc4ccc(Cl)c5c(Cl)c[nH]c45)c3)cc2)no1. The van der Waals surface area contributed by atoms with Crippen LogP contribution >= 0.6 is 23.2 Å². The fraction of sp³-hybridized carbons (Fsp3) is 0.0833. The van der Waals surface area contributed by atoms with Crippen molar-refractivity contribution in [1.29, 1.82) is 0 Å². The Bertz CT molecular complexity index is 1630. The van der Waals surface area contributed by atoms with Crippen LogP contribution in [0.2, 0.25) is 10.0 Å². The molecule has 35 heavy (non-hydrogen) atoms. The summed E-state index contributed by atoms with van der Waals surface area (Å²) in [5.74, 6) is 1.42. The van der Waals surface area contributed by atoms with E-state index in [0.29, 0.717) is 44.1 Å². The van der Waals surface area contributed by atoms with E-state index in [9.17, 15) is 8.42 Å². The molecule has 8 nitrogen and oxygen atoms in total. The third-order valence-corrected chi connectivity index (χ3v) is 7.22. The summed E-state index contributed by atoms with van der Waals surface area (Å²) in [6.45, 7) is 1.98. The van der Waals surface area contributed by atoms with E-state index in [2.05, 4.69) is 19.8 Å². The van der Waals surface area contributed by atoms with E-state index in [0.717, 1.165) is 11.1 Å². The molecule has 0 aliphatic heterocycles. The smallest absolute Gasteiger partial charge is 0.262 e. The molecule has 0 atom stereocenters. The molecule has 5 aromatic rings. The van der Waals surface area contributed by atoms with Gasteiger partial charge in [0.1, 0.15) is 12.4 Å². The van der Waals surface area contributed by atoms with Gasteiger partial charge in [-0.2, -0.15) is 4.98 Å². The molecule has 0 saturated carbocycles. The molecule has 0 bridgehead atoms. The van der Waals surface area contributed by atoms with Crippen molar-refractivity contribution in [1.82, 2.24) is 15.1 Å². The van der Waals surface area contributed by atoms with Crippen molar-refractivity contribution in [3.63, 3.8) is 0 Å². The minimum Gasteiger partial charge on any atom is -0.489 e. The zero-order valence-electron chi connectivity index (χ0n) is 18.2. The van der Waals surface area contributed by atoms with Gasteiger partial charge in [0, 0.05) is 30.1 Å². The van der Waals surface area contributed by atoms with Gasteiger partial charge >= 0.3 is 0 Å². The Labute approximate surface area is 210 Å². The fourth-order valence-corrected chi connectivity index (χ4v) is 5.19. The Hall–Kier alpha value is -3.53. The second-order valence-electron chi connectivity index (χ2n) is 7.68. The zero-order valence-corrected chi connectivity index (χ0v) is 20.6. The first-order valence-electron chi connectivity index (χ1n) is 10.4. The molecular formula is C24H18Cl2N4O4S. The van der Waals surface area contributed by atoms with Crippen molar-refractivity contribution >= 4 is 49.8 Å². The molecule has 0 fully saturated rings. The highest BCUT2D eigenvalue weighted by atomic mass is 35.5. The Morgan fingerprint density at radius 2 is 1.86 bits per heavy atom. The standard InChI is InChI=1S/C24H18Cl2N4O4S/c1-14-28-24(29-34-14)16-7-5-15(6-8-16)13-33-17-3-2-4-18(11-17)35(31,32)30-21-10-9-19(25)22-20(26)12-27-23(21)22/h2-12,27,30H,13H2,1H3. The van der Waals surface area contributed by atoms with E-state index < -0.39 is 10.0 Å². The van der Waals surface area contributed by atoms with Gasteiger partial charge in [-0.3, -0.25) is 4.72 Å². The van der Waals surface area contributed by atoms with Gasteiger partial charge < -0.3 is 14.2 Å². The summed E-state index contributed by atoms with van der Waals surface area (Å²) in [5.41, 5.74) is 2.55. The molecule has 0 aliphatic carbocycles. The van der Waals surface area contributed by atoms with Crippen LogP contribution < -0.4 is 9.46 Å². The molecule has 178 valence electrons. The lowest BCUT2D eigenvalue weighted by Gasteiger charge is -2.12. The molecule has 2 heterocycles. The van der Waals surface area contributed by atoms with Crippen LogP contribution in [0.1, 0.15) is 11.5 Å². The van der Waals surface area contributed by atoms with Crippen molar-refractivity contribution in [2.75, 3.05) is 4.72 Å². The molecule has 2 aromatic heterocycles. The molecule has 0 aliphatic rings. The van der Waals surface area contributed by atoms with Crippen molar-refractivity contribution in [2.45, 2.75) is 18.4 Å². The van der Waals surface area contributed by atoms with Crippen LogP contribution in [0.15, 0.2) is 76.3 Å². The lowest BCUT2D eigenvalue weighted by molar-refractivity contribution is 0.305. The average molecular weight is 529 g/mol. The number of benzene rings is 3. The monoisotopic (exact) mass is 528 g/mol. The van der Waals surface area contributed by atoms with Crippen molar-refractivity contribution in [3.8, 4) is 17.1 Å². The van der Waals surface area contributed by atoms with Crippen LogP contribution in [0.4, 0.5) is 5.69 Å². The molecule has 3 aromatic carbocycles. The number of nitrogens with zero attached hydrogens (tertiary/aromatic N) is 2. The Balaban J connectivity index is 1.31. The lowest BCUT2D eigenvalue weighted by atomic mass is 10.1. The number of halogens is 2. The number of fused-ring (bicyclic) bond motifs is 1. The summed E-state index contributed by atoms with van der Waals surface area (Å²) in [4.78, 5) is 7.21. The third-order valence-electron chi connectivity index (χ3n) is 5.24. The second kappa shape index (κ2) is 9.26. The molecule has 0 spiro atoms. The topological polar surface area (TPSA) is 110 Å². The molecule has 5 rings (SSSR count). The van der Waals surface area contributed by atoms with E-state index in [1.807, 2.05) is 24.3 Å². The van der Waals surface area contributed by atoms with Crippen molar-refractivity contribution in [2.24, 2.45) is 0 Å². The maximum Gasteiger partial charge on any atom is 0.262 e. The normalized spacial score (nSPS) is 11.6. The lowest BCUT2D eigenvalue weighted by Crippen LogP contribution is -2.13. The van der Waals surface area contributed by atoms with Gasteiger partial charge in [-0.05, 0) is 29.8 Å². The van der Waals surface area contributed by atoms with Crippen LogP contribution in [0.3, 0.4) is 0 Å². The Morgan fingerprint density at radius 1 is 1.06 bits per heavy atom. The van der Waals surface area contributed by atoms with Gasteiger partial charge in [-0.15, -0.1) is 0 Å². The number of H-pyrrole nitrogens is 1. The highest BCUT2D eigenvalue weighted by Gasteiger charge is 2.19. The maximum absolute atomic E-state index is 13.1. The summed E-state index contributed by atoms with van der Waals surface area (Å²) >= 11 is 12.4. The molecule has 0 radical (unpaired) electrons. The molecule has 0 unspecified atom stereocenters. The molecular weight excluding hydrogens is 511 g/mol. The van der Waals surface area contributed by atoms with Gasteiger partial charge in [0.05, 0.1) is 26.1 Å². The number of anilines is 1. The summed E-state index contributed by atoms with van der Waals surface area (Å²) < 4.78 is 39.6. The van der Waals surface area contributed by atoms with E-state index in [1.54, 1.807) is 37.4 Å². The first-order chi connectivity index (χ1) is 16.8. The number of rotatable bonds is 7. The van der Waals surface area contributed by atoms with E-state index in [1.165, 1.54) is 12.1 Å². The first kappa shape index (κ1) is 23.2. The molecule has 11 heteroatoms. The van der Waals surface area contributed by atoms with Gasteiger partial charge in [-0.25, -0.2) is 8.42 Å². The first-order valence-corrected chi connectivity index (χ1v) is 12.6. The average Bonchev–Trinajstić information content (AvgIpc) is 3.46. The summed E-state index contributed by atoms with van der Waals surface area (Å²) in [7, 11) is -3.91. The number of nitrogens with one attached hydrogen (secondary N) is 2. The predicted molar refractivity (Wildman–Crippen MR) is 134 cm³/mol. The molecule has 0 amide bonds. The summed E-state index contributed by atoms with van der Waals surface area (Å²) in [6.07, 6.45) is 1.56. The highest BCUT2D eigenvalue weighted by Crippen LogP contribution is 2.35. The highest BCUT2D eigenvalue weighted by molar-refractivity contribution is 7.92. The van der Waals surface area contributed by atoms with Gasteiger partial charge in [0.25, 0.3) is 10.0 Å². The van der Waals surface area contributed by atoms with E-state index >= 15 is 0 Å². The van der Waals surface area contributed by atoms with Gasteiger partial charge in [0.15, 0.2) is 0 Å². The Morgan fingerprint density at radius 3 is 2.60 bits per heavy atom. The third kappa shape index (κ3) is 4.84. The van der Waals surface area contributed by atoms with Crippen LogP contribution in [0.5, 0.6) is 5.75 Å². The number of hydrogen-bond donors (Lipinski definition) is 2. The number of aryl methyl sites for hydroxylation is 1. The molecule has 0 saturated heterocycles. The predicted octanol–water partition coefficient (Wildman–Crippen LogP) is 6.21. The minimum atomic E-state index is -3.91. The number of aromatic nitrogens is 3. The van der Waals surface area contributed by atoms with Crippen LogP contribution in [-0.4, -0.2) is 23.5 Å². The quantitative estimate of drug-likeness (QED) is 0.259. The Kier molecular flexibility index (Phi) is 6.14. The fourth-order valence-electron chi connectivity index (χ4n) is 3.52. The van der Waals surface area contributed by atoms with E-state index in [4.69, 9.17) is 32.5 Å². The van der Waals surface area contributed by atoms with Crippen molar-refractivity contribution in [3.05, 3.63) is 88.4 Å². The molecule has 2 N–H and O–H groups in total. The van der Waals surface area contributed by atoms with E-state index in [-0.39, 0.29) is 11.5 Å². The van der Waals surface area contributed by atoms with Crippen LogP contribution in [0, 0.1) is 6.92 Å². The van der Waals surface area contributed by atoms with Crippen LogP contribution in [-0.2, 0) is 16.6 Å². The largest absolute Gasteiger partial charge is 0.489 e. The number of aromatic amines is 1.